The molecule has 1 aliphatic rings. The molecule has 0 radical (unpaired) electrons. The average molecular weight is 245 g/mol. The fourth-order valence-corrected chi connectivity index (χ4v) is 2.94. The summed E-state index contributed by atoms with van der Waals surface area (Å²) in [6.45, 7) is 8.03. The molecule has 1 heteroatoms. The highest BCUT2D eigenvalue weighted by Gasteiger charge is 2.20. The third kappa shape index (κ3) is 3.58. The molecule has 100 valence electrons. The largest absolute Gasteiger partial charge is 0.314 e. The van der Waals surface area contributed by atoms with Crippen molar-refractivity contribution in [2.75, 3.05) is 6.54 Å². The van der Waals surface area contributed by atoms with E-state index in [0.29, 0.717) is 12.0 Å². The van der Waals surface area contributed by atoms with Crippen molar-refractivity contribution in [2.45, 2.75) is 58.4 Å². The van der Waals surface area contributed by atoms with Gasteiger partial charge in [0.2, 0.25) is 0 Å². The van der Waals surface area contributed by atoms with Crippen molar-refractivity contribution in [1.82, 2.24) is 5.32 Å². The molecule has 1 aromatic rings. The number of rotatable bonds is 4. The van der Waals surface area contributed by atoms with Crippen molar-refractivity contribution >= 4 is 0 Å². The van der Waals surface area contributed by atoms with Crippen molar-refractivity contribution in [2.24, 2.45) is 5.92 Å². The topological polar surface area (TPSA) is 12.0 Å². The molecule has 0 saturated carbocycles. The lowest BCUT2D eigenvalue weighted by atomic mass is 9.87. The zero-order valence-electron chi connectivity index (χ0n) is 12.1. The molecule has 0 bridgehead atoms. The lowest BCUT2D eigenvalue weighted by Crippen LogP contribution is -2.39. The molecule has 0 aliphatic carbocycles. The van der Waals surface area contributed by atoms with Crippen molar-refractivity contribution in [3.63, 3.8) is 0 Å². The summed E-state index contributed by atoms with van der Waals surface area (Å²) in [5.74, 6) is 1.57. The summed E-state index contributed by atoms with van der Waals surface area (Å²) in [5.41, 5.74) is 2.93. The molecule has 2 rings (SSSR count). The van der Waals surface area contributed by atoms with Crippen molar-refractivity contribution in [3.8, 4) is 0 Å². The summed E-state index contributed by atoms with van der Waals surface area (Å²) in [4.78, 5) is 0. The van der Waals surface area contributed by atoms with E-state index in [1.54, 1.807) is 0 Å². The van der Waals surface area contributed by atoms with Gasteiger partial charge in [-0.2, -0.15) is 0 Å². The zero-order chi connectivity index (χ0) is 13.0. The second-order valence-electron chi connectivity index (χ2n) is 6.05. The second kappa shape index (κ2) is 6.38. The molecule has 1 aromatic carbocycles. The molecule has 0 spiro atoms. The maximum Gasteiger partial charge on any atom is 0.0110 e. The first-order valence-corrected chi connectivity index (χ1v) is 7.51. The van der Waals surface area contributed by atoms with Crippen LogP contribution in [0.25, 0.3) is 0 Å². The Kier molecular flexibility index (Phi) is 4.82. The van der Waals surface area contributed by atoms with Gasteiger partial charge in [0.15, 0.2) is 0 Å². The summed E-state index contributed by atoms with van der Waals surface area (Å²) in [7, 11) is 0. The standard InChI is InChI=1S/C17H27N/c1-4-14-9-10-18-17(11-14)12-15-5-7-16(8-6-15)13(2)3/h5-8,13-14,17-18H,4,9-12H2,1-3H3. The van der Waals surface area contributed by atoms with Gasteiger partial charge in [0.05, 0.1) is 0 Å². The average Bonchev–Trinajstić information content (AvgIpc) is 2.39. The molecule has 2 unspecified atom stereocenters. The van der Waals surface area contributed by atoms with Crippen LogP contribution in [0.2, 0.25) is 0 Å². The summed E-state index contributed by atoms with van der Waals surface area (Å²) in [5, 5.41) is 3.67. The van der Waals surface area contributed by atoms with Crippen LogP contribution in [0.3, 0.4) is 0 Å². The van der Waals surface area contributed by atoms with Crippen LogP contribution in [0.1, 0.15) is 57.1 Å². The number of hydrogen-bond donors (Lipinski definition) is 1. The normalized spacial score (nSPS) is 24.4. The first-order valence-electron chi connectivity index (χ1n) is 7.51. The van der Waals surface area contributed by atoms with Crippen LogP contribution in [-0.2, 0) is 6.42 Å². The Morgan fingerprint density at radius 1 is 1.22 bits per heavy atom. The zero-order valence-corrected chi connectivity index (χ0v) is 12.1. The van der Waals surface area contributed by atoms with Gasteiger partial charge in [-0.3, -0.25) is 0 Å². The van der Waals surface area contributed by atoms with Gasteiger partial charge in [-0.15, -0.1) is 0 Å². The van der Waals surface area contributed by atoms with E-state index in [9.17, 15) is 0 Å². The monoisotopic (exact) mass is 245 g/mol. The van der Waals surface area contributed by atoms with E-state index in [1.807, 2.05) is 0 Å². The molecule has 0 amide bonds. The number of hydrogen-bond acceptors (Lipinski definition) is 1. The molecule has 1 nitrogen and oxygen atoms in total. The van der Waals surface area contributed by atoms with Crippen LogP contribution >= 0.6 is 0 Å². The molecule has 2 atom stereocenters. The SMILES string of the molecule is CCC1CCNC(Cc2ccc(C(C)C)cc2)C1. The first-order chi connectivity index (χ1) is 8.69. The van der Waals surface area contributed by atoms with Crippen LogP contribution in [0.15, 0.2) is 24.3 Å². The van der Waals surface area contributed by atoms with E-state index < -0.39 is 0 Å². The van der Waals surface area contributed by atoms with Gasteiger partial charge in [-0.25, -0.2) is 0 Å². The number of benzene rings is 1. The molecule has 1 aliphatic heterocycles. The molecule has 1 saturated heterocycles. The summed E-state index contributed by atoms with van der Waals surface area (Å²) in [6.07, 6.45) is 5.24. The summed E-state index contributed by atoms with van der Waals surface area (Å²) >= 11 is 0. The van der Waals surface area contributed by atoms with Gasteiger partial charge in [0.1, 0.15) is 0 Å². The highest BCUT2D eigenvalue weighted by molar-refractivity contribution is 5.25. The fraction of sp³-hybridized carbons (Fsp3) is 0.647. The van der Waals surface area contributed by atoms with Crippen LogP contribution < -0.4 is 5.32 Å². The summed E-state index contributed by atoms with van der Waals surface area (Å²) in [6, 6.07) is 9.90. The molecule has 1 fully saturated rings. The lowest BCUT2D eigenvalue weighted by molar-refractivity contribution is 0.294. The summed E-state index contributed by atoms with van der Waals surface area (Å²) < 4.78 is 0. The van der Waals surface area contributed by atoms with Gasteiger partial charge < -0.3 is 5.32 Å². The smallest absolute Gasteiger partial charge is 0.0110 e. The third-order valence-corrected chi connectivity index (χ3v) is 4.31. The van der Waals surface area contributed by atoms with E-state index in [4.69, 9.17) is 0 Å². The minimum absolute atomic E-state index is 0.635. The highest BCUT2D eigenvalue weighted by atomic mass is 14.9. The minimum atomic E-state index is 0.635. The van der Waals surface area contributed by atoms with Gasteiger partial charge >= 0.3 is 0 Å². The molecule has 1 N–H and O–H groups in total. The lowest BCUT2D eigenvalue weighted by Gasteiger charge is -2.30. The minimum Gasteiger partial charge on any atom is -0.314 e. The van der Waals surface area contributed by atoms with Crippen LogP contribution in [0.4, 0.5) is 0 Å². The quantitative estimate of drug-likeness (QED) is 0.841. The second-order valence-corrected chi connectivity index (χ2v) is 6.05. The molecule has 18 heavy (non-hydrogen) atoms. The molecular formula is C17H27N. The first kappa shape index (κ1) is 13.6. The van der Waals surface area contributed by atoms with Gasteiger partial charge in [0, 0.05) is 6.04 Å². The Morgan fingerprint density at radius 3 is 2.56 bits per heavy atom. The predicted molar refractivity (Wildman–Crippen MR) is 79.0 cm³/mol. The predicted octanol–water partition coefficient (Wildman–Crippen LogP) is 4.13. The van der Waals surface area contributed by atoms with Crippen LogP contribution in [0.5, 0.6) is 0 Å². The third-order valence-electron chi connectivity index (χ3n) is 4.31. The van der Waals surface area contributed by atoms with E-state index >= 15 is 0 Å². The maximum atomic E-state index is 3.67. The number of nitrogens with one attached hydrogen (secondary N) is 1. The Hall–Kier alpha value is -0.820. The Balaban J connectivity index is 1.92. The maximum absolute atomic E-state index is 3.67. The molecule has 0 aromatic heterocycles. The van der Waals surface area contributed by atoms with Gasteiger partial charge in [0.25, 0.3) is 0 Å². The molecular weight excluding hydrogens is 218 g/mol. The van der Waals surface area contributed by atoms with Gasteiger partial charge in [-0.05, 0) is 48.8 Å². The van der Waals surface area contributed by atoms with Crippen LogP contribution in [-0.4, -0.2) is 12.6 Å². The Morgan fingerprint density at radius 2 is 1.94 bits per heavy atom. The van der Waals surface area contributed by atoms with Crippen LogP contribution in [0, 0.1) is 5.92 Å². The fourth-order valence-electron chi connectivity index (χ4n) is 2.94. The van der Waals surface area contributed by atoms with E-state index in [2.05, 4.69) is 50.4 Å². The number of piperidine rings is 1. The van der Waals surface area contributed by atoms with E-state index in [0.717, 1.165) is 5.92 Å². The van der Waals surface area contributed by atoms with E-state index in [1.165, 1.54) is 43.4 Å². The van der Waals surface area contributed by atoms with Gasteiger partial charge in [-0.1, -0.05) is 51.5 Å². The molecule has 1 heterocycles. The van der Waals surface area contributed by atoms with E-state index in [-0.39, 0.29) is 0 Å². The van der Waals surface area contributed by atoms with Crippen molar-refractivity contribution < 1.29 is 0 Å². The van der Waals surface area contributed by atoms with Crippen molar-refractivity contribution in [3.05, 3.63) is 35.4 Å². The highest BCUT2D eigenvalue weighted by Crippen LogP contribution is 2.22. The Bertz CT molecular complexity index is 352. The Labute approximate surface area is 112 Å². The van der Waals surface area contributed by atoms with Crippen molar-refractivity contribution in [1.29, 1.82) is 0 Å².